The Morgan fingerprint density at radius 1 is 0.950 bits per heavy atom. The third-order valence-corrected chi connectivity index (χ3v) is 3.93. The van der Waals surface area contributed by atoms with Crippen molar-refractivity contribution in [3.63, 3.8) is 0 Å². The molecule has 0 radical (unpaired) electrons. The van der Waals surface area contributed by atoms with Crippen LogP contribution in [0.3, 0.4) is 0 Å². The molecular formula is C18H18O2. The largest absolute Gasteiger partial charge is 0.465 e. The maximum absolute atomic E-state index is 12.0. The SMILES string of the molecule is O=C1OCC(c2ccccc2)CC1Cc1ccccc1. The molecule has 1 aliphatic rings. The topological polar surface area (TPSA) is 26.3 Å². The summed E-state index contributed by atoms with van der Waals surface area (Å²) in [5, 5.41) is 0. The van der Waals surface area contributed by atoms with Crippen molar-refractivity contribution in [3.05, 3.63) is 71.8 Å². The van der Waals surface area contributed by atoms with Gasteiger partial charge in [0, 0.05) is 5.92 Å². The number of cyclic esters (lactones) is 1. The third-order valence-electron chi connectivity index (χ3n) is 3.93. The average molecular weight is 266 g/mol. The van der Waals surface area contributed by atoms with Crippen LogP contribution in [-0.4, -0.2) is 12.6 Å². The summed E-state index contributed by atoms with van der Waals surface area (Å²) in [7, 11) is 0. The van der Waals surface area contributed by atoms with Crippen molar-refractivity contribution < 1.29 is 9.53 Å². The molecule has 0 amide bonds. The normalized spacial score (nSPS) is 22.3. The van der Waals surface area contributed by atoms with Gasteiger partial charge >= 0.3 is 5.97 Å². The second-order valence-corrected chi connectivity index (χ2v) is 5.36. The quantitative estimate of drug-likeness (QED) is 0.794. The van der Waals surface area contributed by atoms with E-state index in [2.05, 4.69) is 24.3 Å². The van der Waals surface area contributed by atoms with Crippen molar-refractivity contribution in [3.8, 4) is 0 Å². The molecule has 2 aromatic rings. The molecule has 0 spiro atoms. The first-order valence-corrected chi connectivity index (χ1v) is 7.08. The molecule has 2 aromatic carbocycles. The van der Waals surface area contributed by atoms with E-state index in [1.165, 1.54) is 11.1 Å². The minimum Gasteiger partial charge on any atom is -0.465 e. The van der Waals surface area contributed by atoms with E-state index in [0.29, 0.717) is 12.5 Å². The molecule has 0 saturated carbocycles. The highest BCUT2D eigenvalue weighted by Crippen LogP contribution is 2.31. The van der Waals surface area contributed by atoms with Gasteiger partial charge in [0.15, 0.2) is 0 Å². The van der Waals surface area contributed by atoms with E-state index in [1.807, 2.05) is 36.4 Å². The van der Waals surface area contributed by atoms with Crippen molar-refractivity contribution in [1.82, 2.24) is 0 Å². The molecule has 0 bridgehead atoms. The number of hydrogen-bond donors (Lipinski definition) is 0. The van der Waals surface area contributed by atoms with Crippen LogP contribution in [0.15, 0.2) is 60.7 Å². The Bertz CT molecular complexity index is 562. The van der Waals surface area contributed by atoms with Gasteiger partial charge in [-0.25, -0.2) is 0 Å². The lowest BCUT2D eigenvalue weighted by Crippen LogP contribution is -2.30. The lowest BCUT2D eigenvalue weighted by molar-refractivity contribution is -0.154. The van der Waals surface area contributed by atoms with Gasteiger partial charge in [0.2, 0.25) is 0 Å². The first-order chi connectivity index (χ1) is 9.83. The number of benzene rings is 2. The van der Waals surface area contributed by atoms with Gasteiger partial charge in [0.1, 0.15) is 0 Å². The Morgan fingerprint density at radius 2 is 1.60 bits per heavy atom. The number of carbonyl (C=O) groups is 1. The molecule has 1 saturated heterocycles. The molecule has 20 heavy (non-hydrogen) atoms. The number of carbonyl (C=O) groups excluding carboxylic acids is 1. The summed E-state index contributed by atoms with van der Waals surface area (Å²) < 4.78 is 5.39. The van der Waals surface area contributed by atoms with E-state index in [9.17, 15) is 4.79 Å². The van der Waals surface area contributed by atoms with E-state index in [4.69, 9.17) is 4.74 Å². The van der Waals surface area contributed by atoms with Crippen LogP contribution in [0.5, 0.6) is 0 Å². The van der Waals surface area contributed by atoms with Gasteiger partial charge in [-0.1, -0.05) is 60.7 Å². The summed E-state index contributed by atoms with van der Waals surface area (Å²) in [6.07, 6.45) is 1.64. The average Bonchev–Trinajstić information content (AvgIpc) is 2.51. The second kappa shape index (κ2) is 5.91. The second-order valence-electron chi connectivity index (χ2n) is 5.36. The fourth-order valence-corrected chi connectivity index (χ4v) is 2.83. The Kier molecular flexibility index (Phi) is 3.82. The van der Waals surface area contributed by atoms with E-state index in [1.54, 1.807) is 0 Å². The van der Waals surface area contributed by atoms with Crippen LogP contribution in [0.1, 0.15) is 23.5 Å². The van der Waals surface area contributed by atoms with Crippen LogP contribution in [0.4, 0.5) is 0 Å². The molecule has 3 rings (SSSR count). The fourth-order valence-electron chi connectivity index (χ4n) is 2.83. The molecule has 2 heteroatoms. The summed E-state index contributed by atoms with van der Waals surface area (Å²) in [6, 6.07) is 20.5. The summed E-state index contributed by atoms with van der Waals surface area (Å²) in [6.45, 7) is 0.508. The maximum atomic E-state index is 12.0. The molecule has 2 unspecified atom stereocenters. The standard InChI is InChI=1S/C18H18O2/c19-18-16(11-14-7-3-1-4-8-14)12-17(13-20-18)15-9-5-2-6-10-15/h1-10,16-17H,11-13H2. The van der Waals surface area contributed by atoms with E-state index < -0.39 is 0 Å². The highest BCUT2D eigenvalue weighted by molar-refractivity contribution is 5.73. The van der Waals surface area contributed by atoms with E-state index >= 15 is 0 Å². The van der Waals surface area contributed by atoms with Crippen LogP contribution in [0, 0.1) is 5.92 Å². The van der Waals surface area contributed by atoms with Gasteiger partial charge in [0.25, 0.3) is 0 Å². The van der Waals surface area contributed by atoms with Gasteiger partial charge in [-0.2, -0.15) is 0 Å². The molecule has 0 N–H and O–H groups in total. The summed E-state index contributed by atoms with van der Waals surface area (Å²) in [5.74, 6) is 0.236. The van der Waals surface area contributed by atoms with Crippen molar-refractivity contribution in [2.24, 2.45) is 5.92 Å². The zero-order valence-electron chi connectivity index (χ0n) is 11.4. The molecular weight excluding hydrogens is 248 g/mol. The number of rotatable bonds is 3. The lowest BCUT2D eigenvalue weighted by Gasteiger charge is -2.28. The Balaban J connectivity index is 1.72. The minimum absolute atomic E-state index is 0.0312. The third kappa shape index (κ3) is 2.90. The Hall–Kier alpha value is -2.09. The summed E-state index contributed by atoms with van der Waals surface area (Å²) >= 11 is 0. The maximum Gasteiger partial charge on any atom is 0.309 e. The monoisotopic (exact) mass is 266 g/mol. The molecule has 1 fully saturated rings. The zero-order valence-corrected chi connectivity index (χ0v) is 11.4. The smallest absolute Gasteiger partial charge is 0.309 e. The van der Waals surface area contributed by atoms with Gasteiger partial charge in [-0.15, -0.1) is 0 Å². The minimum atomic E-state index is -0.0546. The van der Waals surface area contributed by atoms with Crippen molar-refractivity contribution in [2.45, 2.75) is 18.8 Å². The molecule has 0 aromatic heterocycles. The van der Waals surface area contributed by atoms with Crippen LogP contribution >= 0.6 is 0 Å². The zero-order chi connectivity index (χ0) is 13.8. The predicted molar refractivity (Wildman–Crippen MR) is 78.4 cm³/mol. The highest BCUT2D eigenvalue weighted by Gasteiger charge is 2.31. The number of esters is 1. The van der Waals surface area contributed by atoms with Gasteiger partial charge in [-0.05, 0) is 24.0 Å². The molecule has 2 atom stereocenters. The highest BCUT2D eigenvalue weighted by atomic mass is 16.5. The molecule has 1 heterocycles. The van der Waals surface area contributed by atoms with Gasteiger partial charge in [0.05, 0.1) is 12.5 Å². The number of ether oxygens (including phenoxy) is 1. The molecule has 0 aliphatic carbocycles. The van der Waals surface area contributed by atoms with Gasteiger partial charge in [-0.3, -0.25) is 4.79 Å². The van der Waals surface area contributed by atoms with Crippen LogP contribution in [0.25, 0.3) is 0 Å². The Morgan fingerprint density at radius 3 is 2.30 bits per heavy atom. The van der Waals surface area contributed by atoms with Gasteiger partial charge < -0.3 is 4.74 Å². The first-order valence-electron chi connectivity index (χ1n) is 7.08. The number of hydrogen-bond acceptors (Lipinski definition) is 2. The summed E-state index contributed by atoms with van der Waals surface area (Å²) in [5.41, 5.74) is 2.46. The van der Waals surface area contributed by atoms with Crippen molar-refractivity contribution in [1.29, 1.82) is 0 Å². The van der Waals surface area contributed by atoms with Crippen LogP contribution < -0.4 is 0 Å². The van der Waals surface area contributed by atoms with Crippen molar-refractivity contribution in [2.75, 3.05) is 6.61 Å². The first kappa shape index (κ1) is 12.9. The predicted octanol–water partition coefficient (Wildman–Crippen LogP) is 3.58. The summed E-state index contributed by atoms with van der Waals surface area (Å²) in [4.78, 5) is 12.0. The molecule has 102 valence electrons. The van der Waals surface area contributed by atoms with Crippen LogP contribution in [0.2, 0.25) is 0 Å². The molecule has 1 aliphatic heterocycles. The fraction of sp³-hybridized carbons (Fsp3) is 0.278. The lowest BCUT2D eigenvalue weighted by atomic mass is 9.84. The van der Waals surface area contributed by atoms with E-state index in [0.717, 1.165) is 12.8 Å². The van der Waals surface area contributed by atoms with Crippen LogP contribution in [-0.2, 0) is 16.0 Å². The van der Waals surface area contributed by atoms with Crippen molar-refractivity contribution >= 4 is 5.97 Å². The van der Waals surface area contributed by atoms with E-state index in [-0.39, 0.29) is 11.9 Å². The Labute approximate surface area is 119 Å². The molecule has 2 nitrogen and oxygen atoms in total.